The van der Waals surface area contributed by atoms with Crippen LogP contribution in [-0.2, 0) is 4.79 Å². The van der Waals surface area contributed by atoms with Crippen molar-refractivity contribution in [3.63, 3.8) is 0 Å². The molecule has 1 amide bonds. The predicted octanol–water partition coefficient (Wildman–Crippen LogP) is 2.02. The summed E-state index contributed by atoms with van der Waals surface area (Å²) in [6, 6.07) is 0.572. The number of amides is 1. The molecule has 2 atom stereocenters. The second kappa shape index (κ2) is 6.89. The molecule has 0 saturated carbocycles. The fraction of sp³-hybridized carbons (Fsp3) is 0.923. The van der Waals surface area contributed by atoms with Gasteiger partial charge in [0.1, 0.15) is 0 Å². The van der Waals surface area contributed by atoms with Crippen molar-refractivity contribution < 1.29 is 4.79 Å². The zero-order valence-electron chi connectivity index (χ0n) is 11.0. The molecule has 1 N–H and O–H groups in total. The molecule has 16 heavy (non-hydrogen) atoms. The van der Waals surface area contributed by atoms with Gasteiger partial charge in [0, 0.05) is 18.5 Å². The first kappa shape index (κ1) is 13.5. The van der Waals surface area contributed by atoms with Crippen LogP contribution in [-0.4, -0.2) is 36.5 Å². The maximum absolute atomic E-state index is 11.8. The first-order valence-electron chi connectivity index (χ1n) is 6.70. The van der Waals surface area contributed by atoms with Crippen molar-refractivity contribution in [1.29, 1.82) is 0 Å². The maximum atomic E-state index is 11.8. The van der Waals surface area contributed by atoms with Gasteiger partial charge in [0.25, 0.3) is 0 Å². The summed E-state index contributed by atoms with van der Waals surface area (Å²) >= 11 is 0. The third kappa shape index (κ3) is 3.78. The van der Waals surface area contributed by atoms with Gasteiger partial charge >= 0.3 is 0 Å². The fourth-order valence-electron chi connectivity index (χ4n) is 2.50. The number of likely N-dealkylation sites (tertiary alicyclic amines) is 1. The van der Waals surface area contributed by atoms with E-state index in [4.69, 9.17) is 0 Å². The number of hydrogen-bond donors (Lipinski definition) is 1. The fourth-order valence-corrected chi connectivity index (χ4v) is 2.50. The Labute approximate surface area is 99.6 Å². The molecule has 1 aliphatic rings. The number of hydrogen-bond acceptors (Lipinski definition) is 2. The Kier molecular flexibility index (Phi) is 5.81. The maximum Gasteiger partial charge on any atom is 0.222 e. The van der Waals surface area contributed by atoms with E-state index in [1.165, 1.54) is 19.4 Å². The van der Waals surface area contributed by atoms with Gasteiger partial charge < -0.3 is 5.32 Å². The Hall–Kier alpha value is -0.570. The van der Waals surface area contributed by atoms with E-state index in [1.807, 2.05) is 6.92 Å². The summed E-state index contributed by atoms with van der Waals surface area (Å²) in [6.45, 7) is 9.47. The molecule has 0 aromatic carbocycles. The van der Waals surface area contributed by atoms with Crippen LogP contribution in [0.4, 0.5) is 0 Å². The number of likely N-dealkylation sites (N-methyl/N-ethyl adjacent to an activating group) is 1. The zero-order valence-corrected chi connectivity index (χ0v) is 11.0. The van der Waals surface area contributed by atoms with E-state index >= 15 is 0 Å². The third-order valence-corrected chi connectivity index (χ3v) is 3.59. The molecule has 1 fully saturated rings. The summed E-state index contributed by atoms with van der Waals surface area (Å²) in [5, 5.41) is 3.09. The molecule has 0 bridgehead atoms. The largest absolute Gasteiger partial charge is 0.354 e. The normalized spacial score (nSPS) is 23.3. The molecule has 3 nitrogen and oxygen atoms in total. The van der Waals surface area contributed by atoms with Gasteiger partial charge in [0.05, 0.1) is 0 Å². The second-order valence-corrected chi connectivity index (χ2v) is 4.86. The molecule has 1 heterocycles. The van der Waals surface area contributed by atoms with Crippen molar-refractivity contribution >= 4 is 5.91 Å². The lowest BCUT2D eigenvalue weighted by molar-refractivity contribution is -0.124. The summed E-state index contributed by atoms with van der Waals surface area (Å²) in [4.78, 5) is 14.2. The molecule has 0 spiro atoms. The predicted molar refractivity (Wildman–Crippen MR) is 67.4 cm³/mol. The van der Waals surface area contributed by atoms with Gasteiger partial charge in [-0.25, -0.2) is 0 Å². The first-order chi connectivity index (χ1) is 7.69. The van der Waals surface area contributed by atoms with Crippen LogP contribution in [0.25, 0.3) is 0 Å². The van der Waals surface area contributed by atoms with Crippen molar-refractivity contribution in [2.45, 2.75) is 52.5 Å². The van der Waals surface area contributed by atoms with Gasteiger partial charge in [-0.15, -0.1) is 0 Å². The summed E-state index contributed by atoms with van der Waals surface area (Å²) in [6.07, 6.45) is 4.59. The molecule has 3 heteroatoms. The molecule has 1 rings (SSSR count). The number of carbonyl (C=O) groups excluding carboxylic acids is 1. The average Bonchev–Trinajstić information content (AvgIpc) is 2.73. The number of carbonyl (C=O) groups is 1. The highest BCUT2D eigenvalue weighted by Gasteiger charge is 2.23. The molecule has 1 saturated heterocycles. The smallest absolute Gasteiger partial charge is 0.222 e. The quantitative estimate of drug-likeness (QED) is 0.751. The van der Waals surface area contributed by atoms with Crippen molar-refractivity contribution in [3.05, 3.63) is 0 Å². The topological polar surface area (TPSA) is 32.3 Å². The summed E-state index contributed by atoms with van der Waals surface area (Å²) in [7, 11) is 0. The van der Waals surface area contributed by atoms with Gasteiger partial charge in [-0.05, 0) is 32.4 Å². The first-order valence-corrected chi connectivity index (χ1v) is 6.70. The molecular weight excluding hydrogens is 200 g/mol. The second-order valence-electron chi connectivity index (χ2n) is 4.86. The summed E-state index contributed by atoms with van der Waals surface area (Å²) < 4.78 is 0. The molecule has 2 unspecified atom stereocenters. The SMILES string of the molecule is CCCC(C)C(=O)NCC1CCCN1CC. The Morgan fingerprint density at radius 1 is 1.50 bits per heavy atom. The van der Waals surface area contributed by atoms with Crippen LogP contribution in [0, 0.1) is 5.92 Å². The van der Waals surface area contributed by atoms with Crippen molar-refractivity contribution in [2.75, 3.05) is 19.6 Å². The molecule has 0 aromatic rings. The Morgan fingerprint density at radius 3 is 2.88 bits per heavy atom. The van der Waals surface area contributed by atoms with Crippen LogP contribution in [0.2, 0.25) is 0 Å². The number of nitrogens with zero attached hydrogens (tertiary/aromatic N) is 1. The lowest BCUT2D eigenvalue weighted by atomic mass is 10.1. The zero-order chi connectivity index (χ0) is 12.0. The van der Waals surface area contributed by atoms with E-state index < -0.39 is 0 Å². The Bertz CT molecular complexity index is 218. The average molecular weight is 226 g/mol. The molecule has 0 aromatic heterocycles. The van der Waals surface area contributed by atoms with Crippen molar-refractivity contribution in [2.24, 2.45) is 5.92 Å². The highest BCUT2D eigenvalue weighted by Crippen LogP contribution is 2.15. The van der Waals surface area contributed by atoms with Gasteiger partial charge in [0.2, 0.25) is 5.91 Å². The van der Waals surface area contributed by atoms with Crippen LogP contribution in [0.3, 0.4) is 0 Å². The van der Waals surface area contributed by atoms with E-state index in [-0.39, 0.29) is 11.8 Å². The molecule has 1 aliphatic heterocycles. The number of rotatable bonds is 6. The van der Waals surface area contributed by atoms with Crippen LogP contribution in [0.1, 0.15) is 46.5 Å². The summed E-state index contributed by atoms with van der Waals surface area (Å²) in [5.41, 5.74) is 0. The lowest BCUT2D eigenvalue weighted by Gasteiger charge is -2.23. The lowest BCUT2D eigenvalue weighted by Crippen LogP contribution is -2.41. The van der Waals surface area contributed by atoms with Gasteiger partial charge in [0.15, 0.2) is 0 Å². The summed E-state index contributed by atoms with van der Waals surface area (Å²) in [5.74, 6) is 0.395. The van der Waals surface area contributed by atoms with E-state index in [0.29, 0.717) is 6.04 Å². The highest BCUT2D eigenvalue weighted by atomic mass is 16.1. The van der Waals surface area contributed by atoms with Crippen LogP contribution in [0.5, 0.6) is 0 Å². The van der Waals surface area contributed by atoms with Crippen LogP contribution >= 0.6 is 0 Å². The minimum atomic E-state index is 0.168. The van der Waals surface area contributed by atoms with Crippen molar-refractivity contribution in [1.82, 2.24) is 10.2 Å². The monoisotopic (exact) mass is 226 g/mol. The van der Waals surface area contributed by atoms with Gasteiger partial charge in [-0.1, -0.05) is 27.2 Å². The molecule has 0 radical (unpaired) electrons. The molecule has 0 aliphatic carbocycles. The third-order valence-electron chi connectivity index (χ3n) is 3.59. The van der Waals surface area contributed by atoms with E-state index in [0.717, 1.165) is 25.9 Å². The minimum absolute atomic E-state index is 0.168. The van der Waals surface area contributed by atoms with Crippen molar-refractivity contribution in [3.8, 4) is 0 Å². The van der Waals surface area contributed by atoms with Gasteiger partial charge in [-0.3, -0.25) is 9.69 Å². The molecule has 94 valence electrons. The molecular formula is C13H26N2O. The van der Waals surface area contributed by atoms with Gasteiger partial charge in [-0.2, -0.15) is 0 Å². The number of nitrogens with one attached hydrogen (secondary N) is 1. The highest BCUT2D eigenvalue weighted by molar-refractivity contribution is 5.78. The van der Waals surface area contributed by atoms with E-state index in [9.17, 15) is 4.79 Å². The standard InChI is InChI=1S/C13H26N2O/c1-4-7-11(3)13(16)14-10-12-8-6-9-15(12)5-2/h11-12H,4-10H2,1-3H3,(H,14,16). The van der Waals surface area contributed by atoms with E-state index in [2.05, 4.69) is 24.1 Å². The Balaban J connectivity index is 2.25. The Morgan fingerprint density at radius 2 is 2.25 bits per heavy atom. The minimum Gasteiger partial charge on any atom is -0.354 e. The van der Waals surface area contributed by atoms with E-state index in [1.54, 1.807) is 0 Å². The van der Waals surface area contributed by atoms with Crippen LogP contribution < -0.4 is 5.32 Å². The van der Waals surface area contributed by atoms with Crippen LogP contribution in [0.15, 0.2) is 0 Å².